The number of amides is 2. The number of carbonyl (C=O) groups excluding carboxylic acids is 2. The molecular weight excluding hydrogens is 326 g/mol. The normalized spacial score (nSPS) is 11.9. The van der Waals surface area contributed by atoms with E-state index >= 15 is 0 Å². The summed E-state index contributed by atoms with van der Waals surface area (Å²) in [7, 11) is 0. The van der Waals surface area contributed by atoms with Crippen molar-refractivity contribution >= 4 is 17.5 Å². The number of aryl methyl sites for hydroxylation is 1. The smallest absolute Gasteiger partial charge is 0.255 e. The quantitative estimate of drug-likeness (QED) is 0.714. The molecule has 0 saturated heterocycles. The molecule has 0 aromatic heterocycles. The third-order valence-electron chi connectivity index (χ3n) is 4.03. The number of benzene rings is 2. The number of anilines is 1. The van der Waals surface area contributed by atoms with E-state index in [0.29, 0.717) is 30.1 Å². The number of nitrogens with one attached hydrogen (secondary N) is 2. The van der Waals surface area contributed by atoms with Gasteiger partial charge >= 0.3 is 0 Å². The van der Waals surface area contributed by atoms with Gasteiger partial charge in [0.25, 0.3) is 5.91 Å². The summed E-state index contributed by atoms with van der Waals surface area (Å²) in [5, 5.41) is 5.72. The second-order valence-corrected chi connectivity index (χ2v) is 6.97. The highest BCUT2D eigenvalue weighted by Crippen LogP contribution is 2.13. The fourth-order valence-electron chi connectivity index (χ4n) is 2.60. The van der Waals surface area contributed by atoms with Crippen molar-refractivity contribution < 1.29 is 9.59 Å². The molecule has 0 unspecified atom stereocenters. The fourth-order valence-corrected chi connectivity index (χ4v) is 2.60. The van der Waals surface area contributed by atoms with Crippen molar-refractivity contribution in [2.24, 2.45) is 11.7 Å². The molecule has 4 N–H and O–H groups in total. The van der Waals surface area contributed by atoms with Gasteiger partial charge in [0.1, 0.15) is 0 Å². The molecule has 2 rings (SSSR count). The van der Waals surface area contributed by atoms with Crippen molar-refractivity contribution in [1.29, 1.82) is 0 Å². The Kier molecular flexibility index (Phi) is 6.92. The standard InChI is InChI=1S/C21H27N3O2/c1-14(2)11-19(22)21(26)23-13-16-5-4-6-18(12-16)24-20(25)17-9-7-15(3)8-10-17/h4-10,12,14,19H,11,13,22H2,1-3H3,(H,23,26)(H,24,25)/t19-/m0/s1. The molecule has 0 radical (unpaired) electrons. The van der Waals surface area contributed by atoms with Crippen molar-refractivity contribution in [1.82, 2.24) is 5.32 Å². The zero-order chi connectivity index (χ0) is 19.1. The second kappa shape index (κ2) is 9.15. The molecule has 2 aromatic carbocycles. The van der Waals surface area contributed by atoms with Crippen LogP contribution in [0, 0.1) is 12.8 Å². The lowest BCUT2D eigenvalue weighted by Gasteiger charge is -2.14. The van der Waals surface area contributed by atoms with Crippen LogP contribution in [0.5, 0.6) is 0 Å². The van der Waals surface area contributed by atoms with E-state index in [-0.39, 0.29) is 11.8 Å². The zero-order valence-electron chi connectivity index (χ0n) is 15.6. The van der Waals surface area contributed by atoms with Gasteiger partial charge in [-0.3, -0.25) is 9.59 Å². The lowest BCUT2D eigenvalue weighted by atomic mass is 10.0. The van der Waals surface area contributed by atoms with E-state index in [2.05, 4.69) is 10.6 Å². The highest BCUT2D eigenvalue weighted by atomic mass is 16.2. The molecular formula is C21H27N3O2. The molecule has 5 nitrogen and oxygen atoms in total. The molecule has 1 atom stereocenters. The molecule has 26 heavy (non-hydrogen) atoms. The number of carbonyl (C=O) groups is 2. The molecule has 0 aliphatic carbocycles. The fraction of sp³-hybridized carbons (Fsp3) is 0.333. The molecule has 0 fully saturated rings. The molecule has 0 heterocycles. The largest absolute Gasteiger partial charge is 0.351 e. The lowest BCUT2D eigenvalue weighted by Crippen LogP contribution is -2.41. The summed E-state index contributed by atoms with van der Waals surface area (Å²) in [4.78, 5) is 24.3. The van der Waals surface area contributed by atoms with Gasteiger partial charge in [-0.15, -0.1) is 0 Å². The Morgan fingerprint density at radius 2 is 1.77 bits per heavy atom. The highest BCUT2D eigenvalue weighted by Gasteiger charge is 2.14. The zero-order valence-corrected chi connectivity index (χ0v) is 15.6. The maximum atomic E-state index is 12.3. The molecule has 2 aromatic rings. The molecule has 2 amide bonds. The Morgan fingerprint density at radius 1 is 1.08 bits per heavy atom. The Morgan fingerprint density at radius 3 is 2.42 bits per heavy atom. The minimum atomic E-state index is -0.501. The van der Waals surface area contributed by atoms with Crippen molar-refractivity contribution in [3.63, 3.8) is 0 Å². The first-order chi connectivity index (χ1) is 12.3. The summed E-state index contributed by atoms with van der Waals surface area (Å²) < 4.78 is 0. The summed E-state index contributed by atoms with van der Waals surface area (Å²) in [6.45, 7) is 6.42. The molecule has 0 saturated carbocycles. The summed E-state index contributed by atoms with van der Waals surface area (Å²) in [5.41, 5.74) is 9.18. The van der Waals surface area contributed by atoms with Crippen molar-refractivity contribution in [2.45, 2.75) is 39.8 Å². The van der Waals surface area contributed by atoms with Crippen LogP contribution in [0.3, 0.4) is 0 Å². The lowest BCUT2D eigenvalue weighted by molar-refractivity contribution is -0.122. The molecule has 0 bridgehead atoms. The Labute approximate surface area is 155 Å². The predicted molar refractivity (Wildman–Crippen MR) is 105 cm³/mol. The first kappa shape index (κ1) is 19.7. The van der Waals surface area contributed by atoms with E-state index in [1.165, 1.54) is 0 Å². The van der Waals surface area contributed by atoms with Gasteiger partial charge in [-0.1, -0.05) is 43.7 Å². The Bertz CT molecular complexity index is 754. The van der Waals surface area contributed by atoms with Crippen molar-refractivity contribution in [2.75, 3.05) is 5.32 Å². The predicted octanol–water partition coefficient (Wildman–Crippen LogP) is 3.24. The van der Waals surface area contributed by atoms with Gasteiger partial charge in [0.05, 0.1) is 6.04 Å². The van der Waals surface area contributed by atoms with Crippen LogP contribution in [0.25, 0.3) is 0 Å². The monoisotopic (exact) mass is 353 g/mol. The van der Waals surface area contributed by atoms with E-state index in [0.717, 1.165) is 11.1 Å². The summed E-state index contributed by atoms with van der Waals surface area (Å²) in [6, 6.07) is 14.3. The van der Waals surface area contributed by atoms with E-state index in [1.54, 1.807) is 12.1 Å². The van der Waals surface area contributed by atoms with Gasteiger partial charge in [-0.2, -0.15) is 0 Å². The minimum absolute atomic E-state index is 0.159. The number of rotatable bonds is 7. The summed E-state index contributed by atoms with van der Waals surface area (Å²) in [5.74, 6) is 0.0500. The van der Waals surface area contributed by atoms with E-state index in [4.69, 9.17) is 5.73 Å². The summed E-state index contributed by atoms with van der Waals surface area (Å²) in [6.07, 6.45) is 0.651. The molecule has 0 aliphatic heterocycles. The Hall–Kier alpha value is -2.66. The molecule has 138 valence electrons. The first-order valence-electron chi connectivity index (χ1n) is 8.85. The maximum Gasteiger partial charge on any atom is 0.255 e. The van der Waals surface area contributed by atoms with Crippen molar-refractivity contribution in [3.05, 3.63) is 65.2 Å². The van der Waals surface area contributed by atoms with Gasteiger partial charge in [0.2, 0.25) is 5.91 Å². The SMILES string of the molecule is Cc1ccc(C(=O)Nc2cccc(CNC(=O)[C@@H](N)CC(C)C)c2)cc1. The number of hydrogen-bond acceptors (Lipinski definition) is 3. The minimum Gasteiger partial charge on any atom is -0.351 e. The number of nitrogens with two attached hydrogens (primary N) is 1. The average molecular weight is 353 g/mol. The van der Waals surface area contributed by atoms with Crippen LogP contribution in [-0.2, 0) is 11.3 Å². The number of hydrogen-bond donors (Lipinski definition) is 3. The van der Waals surface area contributed by atoms with Gasteiger partial charge < -0.3 is 16.4 Å². The van der Waals surface area contributed by atoms with Crippen LogP contribution in [0.15, 0.2) is 48.5 Å². The first-order valence-corrected chi connectivity index (χ1v) is 8.85. The highest BCUT2D eigenvalue weighted by molar-refractivity contribution is 6.04. The van der Waals surface area contributed by atoms with Crippen LogP contribution in [0.4, 0.5) is 5.69 Å². The van der Waals surface area contributed by atoms with Crippen molar-refractivity contribution in [3.8, 4) is 0 Å². The third-order valence-corrected chi connectivity index (χ3v) is 4.03. The van der Waals surface area contributed by atoms with E-state index < -0.39 is 6.04 Å². The van der Waals surface area contributed by atoms with Gasteiger partial charge in [-0.05, 0) is 49.1 Å². The third kappa shape index (κ3) is 6.01. The average Bonchev–Trinajstić information content (AvgIpc) is 2.60. The molecule has 0 spiro atoms. The Balaban J connectivity index is 1.94. The van der Waals surface area contributed by atoms with Gasteiger partial charge in [0.15, 0.2) is 0 Å². The topological polar surface area (TPSA) is 84.2 Å². The van der Waals surface area contributed by atoms with Crippen LogP contribution in [0.2, 0.25) is 0 Å². The van der Waals surface area contributed by atoms with Crippen LogP contribution < -0.4 is 16.4 Å². The molecule has 0 aliphatic rings. The van der Waals surface area contributed by atoms with E-state index in [9.17, 15) is 9.59 Å². The van der Waals surface area contributed by atoms with Crippen LogP contribution >= 0.6 is 0 Å². The van der Waals surface area contributed by atoms with Gasteiger partial charge in [0, 0.05) is 17.8 Å². The maximum absolute atomic E-state index is 12.3. The molecule has 5 heteroatoms. The second-order valence-electron chi connectivity index (χ2n) is 6.97. The van der Waals surface area contributed by atoms with Crippen LogP contribution in [-0.4, -0.2) is 17.9 Å². The van der Waals surface area contributed by atoms with E-state index in [1.807, 2.05) is 57.2 Å². The van der Waals surface area contributed by atoms with Gasteiger partial charge in [-0.25, -0.2) is 0 Å². The summed E-state index contributed by atoms with van der Waals surface area (Å²) >= 11 is 0. The van der Waals surface area contributed by atoms with Crippen LogP contribution in [0.1, 0.15) is 41.8 Å².